The normalized spacial score (nSPS) is 16.9. The average molecular weight is 567 g/mol. The molecular formula is C28H25Cl2N5O2S. The Labute approximate surface area is 235 Å². The first-order valence-electron chi connectivity index (χ1n) is 12.1. The number of carbonyl (C=O) groups is 2. The van der Waals surface area contributed by atoms with Gasteiger partial charge in [-0.15, -0.1) is 0 Å². The standard InChI is InChI=1S/C28H25Cl2N5O2S/c1-17-24(26(36)32-20-6-3-2-4-7-20)25(35-14-5-15-38-28(35)31-17)18-8-11-21(12-9-18)33-27(37)34-23-13-10-19(29)16-22(23)30/h2-4,6-13,16,25H,5,14-15H2,1H3,(H,32,36)(H2,33,34,37). The first-order chi connectivity index (χ1) is 18.4. The molecule has 1 unspecified atom stereocenters. The van der Waals surface area contributed by atoms with Gasteiger partial charge in [0.1, 0.15) is 0 Å². The predicted molar refractivity (Wildman–Crippen MR) is 157 cm³/mol. The zero-order valence-corrected chi connectivity index (χ0v) is 22.8. The molecule has 0 radical (unpaired) electrons. The number of benzene rings is 3. The lowest BCUT2D eigenvalue weighted by Crippen LogP contribution is -2.43. The Morgan fingerprint density at radius 3 is 2.42 bits per heavy atom. The van der Waals surface area contributed by atoms with Crippen molar-refractivity contribution in [2.24, 2.45) is 4.99 Å². The van der Waals surface area contributed by atoms with Crippen LogP contribution in [-0.4, -0.2) is 34.3 Å². The van der Waals surface area contributed by atoms with Crippen molar-refractivity contribution in [3.8, 4) is 0 Å². The van der Waals surface area contributed by atoms with Crippen molar-refractivity contribution < 1.29 is 9.59 Å². The van der Waals surface area contributed by atoms with Crippen molar-refractivity contribution >= 4 is 69.1 Å². The van der Waals surface area contributed by atoms with Gasteiger partial charge < -0.3 is 20.9 Å². The van der Waals surface area contributed by atoms with Gasteiger partial charge >= 0.3 is 6.03 Å². The number of para-hydroxylation sites is 1. The molecule has 0 spiro atoms. The van der Waals surface area contributed by atoms with E-state index in [2.05, 4.69) is 20.9 Å². The average Bonchev–Trinajstić information content (AvgIpc) is 2.90. The molecule has 2 aliphatic heterocycles. The highest BCUT2D eigenvalue weighted by Crippen LogP contribution is 2.40. The molecule has 3 aromatic rings. The number of aliphatic imine (C=N–C) groups is 1. The number of carbonyl (C=O) groups excluding carboxylic acids is 2. The molecular weight excluding hydrogens is 541 g/mol. The number of amidine groups is 1. The molecule has 1 fully saturated rings. The van der Waals surface area contributed by atoms with Crippen LogP contribution < -0.4 is 16.0 Å². The van der Waals surface area contributed by atoms with Crippen LogP contribution in [0.3, 0.4) is 0 Å². The Bertz CT molecular complexity index is 1430. The Hall–Kier alpha value is -3.46. The maximum absolute atomic E-state index is 13.5. The molecule has 0 saturated carbocycles. The highest BCUT2D eigenvalue weighted by Gasteiger charge is 2.37. The monoisotopic (exact) mass is 565 g/mol. The Morgan fingerprint density at radius 2 is 1.68 bits per heavy atom. The minimum absolute atomic E-state index is 0.182. The van der Waals surface area contributed by atoms with Crippen molar-refractivity contribution in [3.63, 3.8) is 0 Å². The highest BCUT2D eigenvalue weighted by atomic mass is 35.5. The van der Waals surface area contributed by atoms with Crippen LogP contribution in [0, 0.1) is 0 Å². The van der Waals surface area contributed by atoms with Crippen molar-refractivity contribution in [3.05, 3.63) is 99.7 Å². The van der Waals surface area contributed by atoms with E-state index >= 15 is 0 Å². The second-order valence-electron chi connectivity index (χ2n) is 8.84. The second kappa shape index (κ2) is 11.5. The second-order valence-corrected chi connectivity index (χ2v) is 10.7. The number of urea groups is 1. The molecule has 2 aliphatic rings. The molecule has 7 nitrogen and oxygen atoms in total. The topological polar surface area (TPSA) is 85.8 Å². The van der Waals surface area contributed by atoms with Crippen LogP contribution in [0.15, 0.2) is 89.1 Å². The lowest BCUT2D eigenvalue weighted by Gasteiger charge is -2.40. The fourth-order valence-corrected chi connectivity index (χ4v) is 5.93. The van der Waals surface area contributed by atoms with Gasteiger partial charge in [0, 0.05) is 28.7 Å². The first kappa shape index (κ1) is 26.2. The van der Waals surface area contributed by atoms with Crippen LogP contribution in [0.1, 0.15) is 24.9 Å². The van der Waals surface area contributed by atoms with E-state index in [0.29, 0.717) is 32.7 Å². The van der Waals surface area contributed by atoms with Crippen molar-refractivity contribution in [2.75, 3.05) is 28.2 Å². The summed E-state index contributed by atoms with van der Waals surface area (Å²) in [6.07, 6.45) is 1.000. The van der Waals surface area contributed by atoms with E-state index in [4.69, 9.17) is 28.2 Å². The number of fused-ring (bicyclic) bond motifs is 1. The summed E-state index contributed by atoms with van der Waals surface area (Å²) >= 11 is 13.8. The Balaban J connectivity index is 1.38. The summed E-state index contributed by atoms with van der Waals surface area (Å²) in [7, 11) is 0. The van der Waals surface area contributed by atoms with E-state index < -0.39 is 6.03 Å². The van der Waals surface area contributed by atoms with Crippen LogP contribution in [-0.2, 0) is 4.79 Å². The van der Waals surface area contributed by atoms with E-state index in [1.807, 2.05) is 61.5 Å². The summed E-state index contributed by atoms with van der Waals surface area (Å²) in [5.74, 6) is 0.815. The molecule has 3 N–H and O–H groups in total. The van der Waals surface area contributed by atoms with Gasteiger partial charge in [-0.2, -0.15) is 0 Å². The smallest absolute Gasteiger partial charge is 0.323 e. The maximum atomic E-state index is 13.5. The SMILES string of the molecule is CC1=C(C(=O)Nc2ccccc2)C(c2ccc(NC(=O)Nc3ccc(Cl)cc3Cl)cc2)N2CCCSC2=N1. The van der Waals surface area contributed by atoms with Gasteiger partial charge in [0.2, 0.25) is 0 Å². The molecule has 0 bridgehead atoms. The number of nitrogens with one attached hydrogen (secondary N) is 3. The molecule has 38 heavy (non-hydrogen) atoms. The Kier molecular flexibility index (Phi) is 7.93. The Morgan fingerprint density at radius 1 is 0.947 bits per heavy atom. The van der Waals surface area contributed by atoms with Crippen molar-refractivity contribution in [2.45, 2.75) is 19.4 Å². The van der Waals surface area contributed by atoms with Crippen LogP contribution in [0.4, 0.5) is 21.9 Å². The third-order valence-corrected chi connectivity index (χ3v) is 7.82. The number of nitrogens with zero attached hydrogens (tertiary/aromatic N) is 2. The summed E-state index contributed by atoms with van der Waals surface area (Å²) < 4.78 is 0. The van der Waals surface area contributed by atoms with Gasteiger partial charge in [-0.25, -0.2) is 9.79 Å². The van der Waals surface area contributed by atoms with E-state index in [1.165, 1.54) is 0 Å². The highest BCUT2D eigenvalue weighted by molar-refractivity contribution is 8.13. The minimum Gasteiger partial charge on any atom is -0.340 e. The largest absolute Gasteiger partial charge is 0.340 e. The lowest BCUT2D eigenvalue weighted by atomic mass is 9.93. The summed E-state index contributed by atoms with van der Waals surface area (Å²) in [6.45, 7) is 2.69. The summed E-state index contributed by atoms with van der Waals surface area (Å²) in [6, 6.07) is 21.0. The molecule has 5 rings (SSSR count). The van der Waals surface area contributed by atoms with E-state index in [-0.39, 0.29) is 11.9 Å². The fourth-order valence-electron chi connectivity index (χ4n) is 4.45. The third kappa shape index (κ3) is 5.83. The van der Waals surface area contributed by atoms with E-state index in [1.54, 1.807) is 30.0 Å². The maximum Gasteiger partial charge on any atom is 0.323 e. The first-order valence-corrected chi connectivity index (χ1v) is 13.8. The quantitative estimate of drug-likeness (QED) is 0.301. The summed E-state index contributed by atoms with van der Waals surface area (Å²) in [4.78, 5) is 33.0. The van der Waals surface area contributed by atoms with Crippen molar-refractivity contribution in [1.82, 2.24) is 4.90 Å². The zero-order chi connectivity index (χ0) is 26.6. The van der Waals surface area contributed by atoms with Gasteiger partial charge in [0.05, 0.1) is 28.0 Å². The molecule has 1 saturated heterocycles. The number of anilines is 3. The number of hydrogen-bond donors (Lipinski definition) is 3. The molecule has 0 aliphatic carbocycles. The number of rotatable bonds is 5. The fraction of sp³-hybridized carbons (Fsp3) is 0.179. The molecule has 10 heteroatoms. The molecule has 2 heterocycles. The van der Waals surface area contributed by atoms with Crippen LogP contribution in [0.25, 0.3) is 0 Å². The van der Waals surface area contributed by atoms with Gasteiger partial charge in [0.15, 0.2) is 5.17 Å². The number of thioether (sulfide) groups is 1. The number of hydrogen-bond acceptors (Lipinski definition) is 5. The number of allylic oxidation sites excluding steroid dienone is 1. The number of halogens is 2. The minimum atomic E-state index is -0.430. The molecule has 194 valence electrons. The van der Waals surface area contributed by atoms with E-state index in [9.17, 15) is 9.59 Å². The van der Waals surface area contributed by atoms with Gasteiger partial charge in [-0.1, -0.05) is 65.3 Å². The van der Waals surface area contributed by atoms with Crippen LogP contribution in [0.5, 0.6) is 0 Å². The molecule has 3 aromatic carbocycles. The zero-order valence-electron chi connectivity index (χ0n) is 20.5. The van der Waals surface area contributed by atoms with Gasteiger partial charge in [-0.05, 0) is 61.4 Å². The predicted octanol–water partition coefficient (Wildman–Crippen LogP) is 7.40. The van der Waals surface area contributed by atoms with Crippen LogP contribution >= 0.6 is 35.0 Å². The van der Waals surface area contributed by atoms with Crippen molar-refractivity contribution in [1.29, 1.82) is 0 Å². The summed E-state index contributed by atoms with van der Waals surface area (Å²) in [5.41, 5.74) is 4.03. The van der Waals surface area contributed by atoms with Crippen LogP contribution in [0.2, 0.25) is 10.0 Å². The van der Waals surface area contributed by atoms with E-state index in [0.717, 1.165) is 35.1 Å². The third-order valence-electron chi connectivity index (χ3n) is 6.20. The van der Waals surface area contributed by atoms with Gasteiger partial charge in [-0.3, -0.25) is 4.79 Å². The molecule has 3 amide bonds. The molecule has 0 aromatic heterocycles. The number of amides is 3. The lowest BCUT2D eigenvalue weighted by molar-refractivity contribution is -0.113. The summed E-state index contributed by atoms with van der Waals surface area (Å²) in [5, 5.41) is 10.3. The van der Waals surface area contributed by atoms with Gasteiger partial charge in [0.25, 0.3) is 5.91 Å². The molecule has 1 atom stereocenters.